The van der Waals surface area contributed by atoms with Crippen LogP contribution >= 0.6 is 0 Å². The van der Waals surface area contributed by atoms with Crippen molar-refractivity contribution in [2.24, 2.45) is 56.7 Å². The molecular weight excluding hydrogens is 564 g/mol. The van der Waals surface area contributed by atoms with Crippen LogP contribution in [0.2, 0.25) is 0 Å². The molecule has 0 spiro atoms. The van der Waals surface area contributed by atoms with Crippen molar-refractivity contribution in [1.82, 2.24) is 10.6 Å². The van der Waals surface area contributed by atoms with Gasteiger partial charge in [-0.15, -0.1) is 0 Å². The van der Waals surface area contributed by atoms with Gasteiger partial charge in [0.2, 0.25) is 5.91 Å². The van der Waals surface area contributed by atoms with Gasteiger partial charge in [-0.2, -0.15) is 0 Å². The summed E-state index contributed by atoms with van der Waals surface area (Å²) >= 11 is 0. The number of ketones is 1. The Morgan fingerprint density at radius 3 is 2.24 bits per heavy atom. The van der Waals surface area contributed by atoms with E-state index in [2.05, 4.69) is 96.0 Å². The van der Waals surface area contributed by atoms with Crippen molar-refractivity contribution < 1.29 is 9.59 Å². The number of carbonyl (C=O) groups is 2. The van der Waals surface area contributed by atoms with E-state index in [-0.39, 0.29) is 38.8 Å². The van der Waals surface area contributed by atoms with Gasteiger partial charge in [0.05, 0.1) is 12.0 Å². The molecule has 5 aliphatic rings. The van der Waals surface area contributed by atoms with E-state index in [0.717, 1.165) is 25.7 Å². The number of hydrogen-bond acceptors (Lipinski definition) is 3. The summed E-state index contributed by atoms with van der Waals surface area (Å²) in [5.41, 5.74) is 6.16. The van der Waals surface area contributed by atoms with Gasteiger partial charge < -0.3 is 10.6 Å². The smallest absolute Gasteiger partial charge is 0.226 e. The average molecular weight is 627 g/mol. The maximum absolute atomic E-state index is 14.2. The molecule has 9 atom stereocenters. The second-order valence-corrected chi connectivity index (χ2v) is 17.9. The van der Waals surface area contributed by atoms with Crippen molar-refractivity contribution in [3.05, 3.63) is 53.6 Å². The molecule has 4 nitrogen and oxygen atoms in total. The van der Waals surface area contributed by atoms with E-state index < -0.39 is 0 Å². The van der Waals surface area contributed by atoms with Gasteiger partial charge in [-0.25, -0.2) is 0 Å². The highest BCUT2D eigenvalue weighted by Crippen LogP contribution is 2.77. The van der Waals surface area contributed by atoms with Crippen LogP contribution in [0.25, 0.3) is 5.57 Å². The number of aryl methyl sites for hydroxylation is 1. The number of hydrogen-bond donors (Lipinski definition) is 2. The molecule has 4 saturated carbocycles. The lowest BCUT2D eigenvalue weighted by Crippen LogP contribution is -2.66. The normalized spacial score (nSPS) is 40.9. The number of carbonyl (C=O) groups excluding carboxylic acids is 2. The molecule has 0 aliphatic heterocycles. The van der Waals surface area contributed by atoms with Crippen molar-refractivity contribution in [3.8, 4) is 0 Å². The van der Waals surface area contributed by atoms with E-state index >= 15 is 0 Å². The first-order chi connectivity index (χ1) is 21.6. The molecular formula is C42H62N2O2. The largest absolute Gasteiger partial charge is 0.354 e. The zero-order valence-corrected chi connectivity index (χ0v) is 30.3. The second kappa shape index (κ2) is 11.7. The fourth-order valence-corrected chi connectivity index (χ4v) is 13.1. The van der Waals surface area contributed by atoms with E-state index in [9.17, 15) is 9.59 Å². The van der Waals surface area contributed by atoms with Gasteiger partial charge in [-0.1, -0.05) is 82.7 Å². The van der Waals surface area contributed by atoms with Crippen LogP contribution in [0.1, 0.15) is 117 Å². The van der Waals surface area contributed by atoms with Crippen molar-refractivity contribution >= 4 is 17.3 Å². The monoisotopic (exact) mass is 626 g/mol. The van der Waals surface area contributed by atoms with Crippen molar-refractivity contribution in [2.75, 3.05) is 19.6 Å². The van der Waals surface area contributed by atoms with E-state index in [4.69, 9.17) is 0 Å². The minimum atomic E-state index is -0.294. The Kier molecular flexibility index (Phi) is 8.60. The third kappa shape index (κ3) is 4.93. The molecule has 1 aromatic carbocycles. The molecule has 1 amide bonds. The number of Topliss-reactive ketones (excluding diaryl/α,β-unsaturated/α-hetero) is 1. The highest BCUT2D eigenvalue weighted by Gasteiger charge is 2.71. The summed E-state index contributed by atoms with van der Waals surface area (Å²) in [4.78, 5) is 25.6. The molecule has 6 rings (SSSR count). The van der Waals surface area contributed by atoms with Crippen LogP contribution in [0.15, 0.2) is 42.5 Å². The third-order valence-corrected chi connectivity index (χ3v) is 15.4. The minimum absolute atomic E-state index is 0.128. The zero-order chi connectivity index (χ0) is 33.3. The molecule has 5 aliphatic carbocycles. The Labute approximate surface area is 280 Å². The number of benzene rings is 1. The first kappa shape index (κ1) is 33.7. The molecule has 0 heterocycles. The van der Waals surface area contributed by atoms with E-state index in [1.165, 1.54) is 48.8 Å². The summed E-state index contributed by atoms with van der Waals surface area (Å²) in [6.07, 6.45) is 13.1. The highest BCUT2D eigenvalue weighted by atomic mass is 16.2. The van der Waals surface area contributed by atoms with E-state index in [0.29, 0.717) is 49.2 Å². The minimum Gasteiger partial charge on any atom is -0.354 e. The van der Waals surface area contributed by atoms with Crippen LogP contribution in [-0.4, -0.2) is 31.3 Å². The lowest BCUT2D eigenvalue weighted by molar-refractivity contribution is -0.225. The molecule has 0 unspecified atom stereocenters. The molecule has 4 fully saturated rings. The van der Waals surface area contributed by atoms with Crippen LogP contribution in [0, 0.1) is 63.6 Å². The zero-order valence-electron chi connectivity index (χ0n) is 30.3. The predicted octanol–water partition coefficient (Wildman–Crippen LogP) is 8.94. The quantitative estimate of drug-likeness (QED) is 0.224. The highest BCUT2D eigenvalue weighted by molar-refractivity contribution is 5.84. The Bertz CT molecular complexity index is 1410. The fraction of sp³-hybridized carbons (Fsp3) is 0.714. The maximum Gasteiger partial charge on any atom is 0.226 e. The Balaban J connectivity index is 1.30. The Morgan fingerprint density at radius 2 is 1.57 bits per heavy atom. The summed E-state index contributed by atoms with van der Waals surface area (Å²) in [5, 5.41) is 6.52. The Hall–Kier alpha value is -2.20. The first-order valence-corrected chi connectivity index (χ1v) is 18.5. The van der Waals surface area contributed by atoms with Crippen molar-refractivity contribution in [3.63, 3.8) is 0 Å². The van der Waals surface area contributed by atoms with Gasteiger partial charge in [-0.05, 0) is 141 Å². The van der Waals surface area contributed by atoms with Crippen molar-refractivity contribution in [2.45, 2.75) is 113 Å². The van der Waals surface area contributed by atoms with Gasteiger partial charge in [-0.3, -0.25) is 9.59 Å². The molecule has 252 valence electrons. The summed E-state index contributed by atoms with van der Waals surface area (Å²) in [6, 6.07) is 9.24. The molecule has 0 saturated heterocycles. The van der Waals surface area contributed by atoms with Gasteiger partial charge in [0.15, 0.2) is 0 Å². The number of amides is 1. The topological polar surface area (TPSA) is 58.2 Å². The van der Waals surface area contributed by atoms with Gasteiger partial charge in [0.25, 0.3) is 0 Å². The summed E-state index contributed by atoms with van der Waals surface area (Å²) in [6.45, 7) is 25.2. The molecule has 2 N–H and O–H groups in total. The van der Waals surface area contributed by atoms with Crippen LogP contribution in [0.5, 0.6) is 0 Å². The summed E-state index contributed by atoms with van der Waals surface area (Å²) in [7, 11) is 0. The fourth-order valence-electron chi connectivity index (χ4n) is 13.1. The standard InChI is InChI=1S/C42H62N2O2/c1-27(2)31-16-21-42(37(46)44-25-24-43-26-29(4)45)23-22-40(8)33(36(31)42)14-15-35-39(7)19-17-32(30-12-10-28(3)11-13-30)38(5,6)34(39)18-20-41(35,40)9/h10-13,17,31,33-36,43H,1,14-16,18-26H2,2-9H3,(H,44,46)/t31-,33+,34-,35+,36+,39-,40+,41+,42-/m0/s1. The van der Waals surface area contributed by atoms with Crippen LogP contribution in [-0.2, 0) is 9.59 Å². The number of fused-ring (bicyclic) bond motifs is 7. The SMILES string of the molecule is C=C(C)[C@@H]1CC[C@]2(C(=O)NCCNCC(C)=O)CC[C@]3(C)[C@H](CC[C@@H]4[C@@]5(C)CC=C(c6ccc(C)cc6)C(C)(C)[C@@H]5CC[C@]43C)[C@@H]12. The second-order valence-electron chi connectivity index (χ2n) is 17.9. The molecule has 0 bridgehead atoms. The number of allylic oxidation sites excluding steroid dienone is 3. The van der Waals surface area contributed by atoms with Gasteiger partial charge in [0.1, 0.15) is 5.78 Å². The summed E-state index contributed by atoms with van der Waals surface area (Å²) < 4.78 is 0. The van der Waals surface area contributed by atoms with Crippen LogP contribution in [0.4, 0.5) is 0 Å². The van der Waals surface area contributed by atoms with E-state index in [1.807, 2.05) is 0 Å². The van der Waals surface area contributed by atoms with Crippen molar-refractivity contribution in [1.29, 1.82) is 0 Å². The lowest BCUT2D eigenvalue weighted by Gasteiger charge is -2.72. The summed E-state index contributed by atoms with van der Waals surface area (Å²) in [5.74, 6) is 3.08. The van der Waals surface area contributed by atoms with Gasteiger partial charge in [0, 0.05) is 13.1 Å². The number of nitrogens with one attached hydrogen (secondary N) is 2. The van der Waals surface area contributed by atoms with Gasteiger partial charge >= 0.3 is 0 Å². The lowest BCUT2D eigenvalue weighted by atomic mass is 9.32. The third-order valence-electron chi connectivity index (χ3n) is 15.4. The molecule has 0 aromatic heterocycles. The van der Waals surface area contributed by atoms with Crippen LogP contribution in [0.3, 0.4) is 0 Å². The first-order valence-electron chi connectivity index (χ1n) is 18.5. The molecule has 4 heteroatoms. The number of rotatable bonds is 8. The Morgan fingerprint density at radius 1 is 0.848 bits per heavy atom. The molecule has 1 aromatic rings. The maximum atomic E-state index is 14.2. The van der Waals surface area contributed by atoms with Crippen LogP contribution < -0.4 is 10.6 Å². The molecule has 46 heavy (non-hydrogen) atoms. The van der Waals surface area contributed by atoms with E-state index in [1.54, 1.807) is 12.5 Å². The predicted molar refractivity (Wildman–Crippen MR) is 190 cm³/mol. The average Bonchev–Trinajstić information content (AvgIpc) is 3.39. The molecule has 0 radical (unpaired) electrons.